The van der Waals surface area contributed by atoms with Crippen molar-refractivity contribution >= 4 is 47.2 Å². The lowest BCUT2D eigenvalue weighted by atomic mass is 10.0. The summed E-state index contributed by atoms with van der Waals surface area (Å²) in [5, 5.41) is 17.5. The Morgan fingerprint density at radius 3 is 1.86 bits per heavy atom. The molecule has 0 aliphatic heterocycles. The summed E-state index contributed by atoms with van der Waals surface area (Å²) < 4.78 is 0. The first-order valence-corrected chi connectivity index (χ1v) is 14.8. The van der Waals surface area contributed by atoms with Gasteiger partial charge >= 0.3 is 5.97 Å². The highest BCUT2D eigenvalue weighted by Gasteiger charge is 2.30. The van der Waals surface area contributed by atoms with Gasteiger partial charge in [-0.05, 0) is 61.2 Å². The third-order valence-electron chi connectivity index (χ3n) is 5.44. The predicted molar refractivity (Wildman–Crippen MR) is 147 cm³/mol. The Kier molecular flexibility index (Phi) is 15.2. The van der Waals surface area contributed by atoms with Crippen molar-refractivity contribution in [3.8, 4) is 0 Å². The smallest absolute Gasteiger partial charge is 0.326 e. The SMILES string of the molecule is CSCCC(NC(=O)C(CCSC)NC(=O)C(CC(C)C)NC(=O)C(N)Cc1ccccc1)C(=O)O. The lowest BCUT2D eigenvalue weighted by Gasteiger charge is -2.26. The molecule has 202 valence electrons. The molecule has 1 rings (SSSR count). The normalized spacial score (nSPS) is 14.4. The largest absolute Gasteiger partial charge is 0.480 e. The summed E-state index contributed by atoms with van der Waals surface area (Å²) >= 11 is 3.00. The van der Waals surface area contributed by atoms with E-state index in [9.17, 15) is 24.3 Å². The molecule has 0 heterocycles. The van der Waals surface area contributed by atoms with E-state index in [0.29, 0.717) is 30.8 Å². The van der Waals surface area contributed by atoms with E-state index in [1.165, 1.54) is 23.5 Å². The number of nitrogens with one attached hydrogen (secondary N) is 3. The van der Waals surface area contributed by atoms with Gasteiger partial charge in [-0.15, -0.1) is 0 Å². The summed E-state index contributed by atoms with van der Waals surface area (Å²) in [6.45, 7) is 3.86. The van der Waals surface area contributed by atoms with Crippen LogP contribution in [0.2, 0.25) is 0 Å². The molecule has 3 amide bonds. The monoisotopic (exact) mass is 540 g/mol. The second-order valence-corrected chi connectivity index (χ2v) is 11.0. The van der Waals surface area contributed by atoms with Crippen LogP contribution in [-0.4, -0.2) is 77.0 Å². The maximum Gasteiger partial charge on any atom is 0.326 e. The van der Waals surface area contributed by atoms with Crippen LogP contribution >= 0.6 is 23.5 Å². The molecular weight excluding hydrogens is 500 g/mol. The number of carbonyl (C=O) groups excluding carboxylic acids is 3. The van der Waals surface area contributed by atoms with Gasteiger partial charge in [-0.1, -0.05) is 44.2 Å². The van der Waals surface area contributed by atoms with Crippen molar-refractivity contribution in [3.05, 3.63) is 35.9 Å². The zero-order valence-corrected chi connectivity index (χ0v) is 23.1. The van der Waals surface area contributed by atoms with E-state index in [1.54, 1.807) is 0 Å². The highest BCUT2D eigenvalue weighted by molar-refractivity contribution is 7.98. The van der Waals surface area contributed by atoms with Gasteiger partial charge in [0.25, 0.3) is 0 Å². The van der Waals surface area contributed by atoms with Crippen LogP contribution in [0.15, 0.2) is 30.3 Å². The summed E-state index contributed by atoms with van der Waals surface area (Å²) in [7, 11) is 0. The van der Waals surface area contributed by atoms with Crippen LogP contribution in [0.4, 0.5) is 0 Å². The standard InChI is InChI=1S/C25H40N4O5S2/c1-16(2)14-21(29-22(30)18(26)15-17-8-6-5-7-9-17)24(32)27-19(10-12-35-3)23(31)28-20(25(33)34)11-13-36-4/h5-9,16,18-21H,10-15,26H2,1-4H3,(H,27,32)(H,28,31)(H,29,30)(H,33,34). The number of carboxylic acids is 1. The van der Waals surface area contributed by atoms with Gasteiger partial charge in [0.2, 0.25) is 17.7 Å². The maximum atomic E-state index is 13.2. The van der Waals surface area contributed by atoms with Gasteiger partial charge in [-0.2, -0.15) is 23.5 Å². The number of thioether (sulfide) groups is 2. The molecule has 0 fully saturated rings. The van der Waals surface area contributed by atoms with Gasteiger partial charge in [0, 0.05) is 0 Å². The van der Waals surface area contributed by atoms with Gasteiger partial charge in [0.1, 0.15) is 18.1 Å². The van der Waals surface area contributed by atoms with E-state index < -0.39 is 47.9 Å². The lowest BCUT2D eigenvalue weighted by Crippen LogP contribution is -2.57. The fourth-order valence-corrected chi connectivity index (χ4v) is 4.43. The van der Waals surface area contributed by atoms with Crippen molar-refractivity contribution < 1.29 is 24.3 Å². The number of benzene rings is 1. The zero-order chi connectivity index (χ0) is 27.1. The third kappa shape index (κ3) is 12.1. The Balaban J connectivity index is 2.92. The molecule has 0 saturated heterocycles. The summed E-state index contributed by atoms with van der Waals surface area (Å²) in [6.07, 6.45) is 5.02. The van der Waals surface area contributed by atoms with E-state index in [4.69, 9.17) is 5.73 Å². The van der Waals surface area contributed by atoms with Crippen LogP contribution in [0.25, 0.3) is 0 Å². The summed E-state index contributed by atoms with van der Waals surface area (Å²) in [4.78, 5) is 50.5. The molecule has 0 bridgehead atoms. The molecule has 0 saturated carbocycles. The van der Waals surface area contributed by atoms with Crippen LogP contribution in [0.5, 0.6) is 0 Å². The molecule has 9 nitrogen and oxygen atoms in total. The lowest BCUT2D eigenvalue weighted by molar-refractivity contribution is -0.142. The van der Waals surface area contributed by atoms with Crippen molar-refractivity contribution in [3.63, 3.8) is 0 Å². The number of nitrogens with two attached hydrogens (primary N) is 1. The molecule has 0 spiro atoms. The number of amides is 3. The van der Waals surface area contributed by atoms with Gasteiger partial charge < -0.3 is 26.8 Å². The number of hydrogen-bond acceptors (Lipinski definition) is 7. The fraction of sp³-hybridized carbons (Fsp3) is 0.600. The van der Waals surface area contributed by atoms with E-state index in [2.05, 4.69) is 16.0 Å². The fourth-order valence-electron chi connectivity index (χ4n) is 3.48. The molecular formula is C25H40N4O5S2. The van der Waals surface area contributed by atoms with Crippen molar-refractivity contribution in [1.82, 2.24) is 16.0 Å². The highest BCUT2D eigenvalue weighted by Crippen LogP contribution is 2.10. The van der Waals surface area contributed by atoms with Crippen LogP contribution < -0.4 is 21.7 Å². The number of rotatable bonds is 17. The van der Waals surface area contributed by atoms with Crippen molar-refractivity contribution in [2.75, 3.05) is 24.0 Å². The Labute approximate surface area is 222 Å². The first kappa shape index (κ1) is 31.8. The van der Waals surface area contributed by atoms with Gasteiger partial charge in [-0.25, -0.2) is 4.79 Å². The molecule has 6 N–H and O–H groups in total. The van der Waals surface area contributed by atoms with E-state index in [1.807, 2.05) is 56.7 Å². The number of aliphatic carboxylic acids is 1. The van der Waals surface area contributed by atoms with Crippen LogP contribution in [0.3, 0.4) is 0 Å². The number of carbonyl (C=O) groups is 4. The van der Waals surface area contributed by atoms with Gasteiger partial charge in [0.15, 0.2) is 0 Å². The summed E-state index contributed by atoms with van der Waals surface area (Å²) in [6, 6.07) is 5.69. The highest BCUT2D eigenvalue weighted by atomic mass is 32.2. The Bertz CT molecular complexity index is 841. The summed E-state index contributed by atoms with van der Waals surface area (Å²) in [5.74, 6) is -1.37. The van der Waals surface area contributed by atoms with E-state index in [0.717, 1.165) is 5.56 Å². The van der Waals surface area contributed by atoms with Crippen molar-refractivity contribution in [1.29, 1.82) is 0 Å². The van der Waals surface area contributed by atoms with Crippen LogP contribution in [0, 0.1) is 5.92 Å². The minimum atomic E-state index is -1.12. The van der Waals surface area contributed by atoms with Crippen molar-refractivity contribution in [2.45, 2.75) is 63.7 Å². The van der Waals surface area contributed by atoms with E-state index in [-0.39, 0.29) is 12.3 Å². The first-order chi connectivity index (χ1) is 17.1. The molecule has 36 heavy (non-hydrogen) atoms. The molecule has 4 atom stereocenters. The molecule has 4 unspecified atom stereocenters. The summed E-state index contributed by atoms with van der Waals surface area (Å²) in [5.41, 5.74) is 7.01. The van der Waals surface area contributed by atoms with Crippen LogP contribution in [-0.2, 0) is 25.6 Å². The molecule has 0 aliphatic rings. The average molecular weight is 541 g/mol. The Hall–Kier alpha value is -2.24. The Morgan fingerprint density at radius 2 is 1.33 bits per heavy atom. The second-order valence-electron chi connectivity index (χ2n) is 9.01. The van der Waals surface area contributed by atoms with Gasteiger partial charge in [0.05, 0.1) is 6.04 Å². The molecule has 11 heteroatoms. The molecule has 0 aliphatic carbocycles. The number of hydrogen-bond donors (Lipinski definition) is 5. The Morgan fingerprint density at radius 1 is 0.833 bits per heavy atom. The molecule has 0 radical (unpaired) electrons. The predicted octanol–water partition coefficient (Wildman–Crippen LogP) is 1.65. The molecule has 1 aromatic rings. The molecule has 1 aromatic carbocycles. The average Bonchev–Trinajstić information content (AvgIpc) is 2.83. The molecule has 0 aromatic heterocycles. The van der Waals surface area contributed by atoms with Crippen molar-refractivity contribution in [2.24, 2.45) is 11.7 Å². The van der Waals surface area contributed by atoms with E-state index >= 15 is 0 Å². The number of carboxylic acid groups (broad SMARTS) is 1. The van der Waals surface area contributed by atoms with Gasteiger partial charge in [-0.3, -0.25) is 14.4 Å². The second kappa shape index (κ2) is 17.3. The zero-order valence-electron chi connectivity index (χ0n) is 21.5. The third-order valence-corrected chi connectivity index (χ3v) is 6.73. The minimum absolute atomic E-state index is 0.0906. The first-order valence-electron chi connectivity index (χ1n) is 12.0. The minimum Gasteiger partial charge on any atom is -0.480 e. The quantitative estimate of drug-likeness (QED) is 0.200. The topological polar surface area (TPSA) is 151 Å². The maximum absolute atomic E-state index is 13.2. The van der Waals surface area contributed by atoms with Crippen LogP contribution in [0.1, 0.15) is 38.7 Å².